The summed E-state index contributed by atoms with van der Waals surface area (Å²) in [5.74, 6) is -1.55. The lowest BCUT2D eigenvalue weighted by Crippen LogP contribution is -2.21. The van der Waals surface area contributed by atoms with Crippen LogP contribution in [0.1, 0.15) is 6.42 Å². The van der Waals surface area contributed by atoms with Crippen LogP contribution in [0.3, 0.4) is 0 Å². The molecule has 0 unspecified atom stereocenters. The summed E-state index contributed by atoms with van der Waals surface area (Å²) in [6, 6.07) is 0. The van der Waals surface area contributed by atoms with Crippen LogP contribution in [0, 0.1) is 0 Å². The van der Waals surface area contributed by atoms with E-state index in [-0.39, 0.29) is 0 Å². The predicted octanol–water partition coefficient (Wildman–Crippen LogP) is 2.71. The Morgan fingerprint density at radius 1 is 1.38 bits per heavy atom. The van der Waals surface area contributed by atoms with Crippen LogP contribution in [-0.2, 0) is 14.3 Å². The molecule has 0 aliphatic carbocycles. The molecule has 90 valence electrons. The van der Waals surface area contributed by atoms with Crippen molar-refractivity contribution in [1.82, 2.24) is 0 Å². The summed E-state index contributed by atoms with van der Waals surface area (Å²) >= 11 is 0. The van der Waals surface area contributed by atoms with Crippen molar-refractivity contribution < 1.29 is 27.4 Å². The molecule has 3 nitrogen and oxygen atoms in total. The summed E-state index contributed by atoms with van der Waals surface area (Å²) in [5.41, 5.74) is -1.56. The highest BCUT2D eigenvalue weighted by Crippen LogP contribution is 2.24. The van der Waals surface area contributed by atoms with Gasteiger partial charge in [0.05, 0.1) is 6.26 Å². The van der Waals surface area contributed by atoms with Crippen molar-refractivity contribution in [1.29, 1.82) is 0 Å². The number of carbonyl (C=O) groups is 1. The minimum atomic E-state index is -4.78. The normalized spacial score (nSPS) is 11.2. The van der Waals surface area contributed by atoms with Crippen molar-refractivity contribution in [2.45, 2.75) is 12.6 Å². The van der Waals surface area contributed by atoms with Crippen molar-refractivity contribution in [2.24, 2.45) is 0 Å². The van der Waals surface area contributed by atoms with Gasteiger partial charge in [0.25, 0.3) is 0 Å². The maximum atomic E-state index is 11.9. The van der Waals surface area contributed by atoms with Crippen LogP contribution in [0.5, 0.6) is 0 Å². The third-order valence-corrected chi connectivity index (χ3v) is 1.34. The van der Waals surface area contributed by atoms with E-state index < -0.39 is 24.5 Å². The van der Waals surface area contributed by atoms with E-state index in [0.717, 1.165) is 0 Å². The van der Waals surface area contributed by atoms with Gasteiger partial charge in [0.15, 0.2) is 0 Å². The monoisotopic (exact) mass is 236 g/mol. The first kappa shape index (κ1) is 14.3. The first-order valence-corrected chi connectivity index (χ1v) is 4.20. The highest BCUT2D eigenvalue weighted by molar-refractivity contribution is 5.89. The zero-order valence-corrected chi connectivity index (χ0v) is 8.42. The number of alkyl halides is 3. The van der Waals surface area contributed by atoms with E-state index in [1.807, 2.05) is 0 Å². The average Bonchev–Trinajstić information content (AvgIpc) is 2.20. The Kier molecular flexibility index (Phi) is 5.99. The van der Waals surface area contributed by atoms with Crippen molar-refractivity contribution in [3.8, 4) is 0 Å². The maximum absolute atomic E-state index is 11.9. The molecule has 0 aromatic carbocycles. The van der Waals surface area contributed by atoms with Crippen LogP contribution in [0.25, 0.3) is 0 Å². The van der Waals surface area contributed by atoms with E-state index in [1.165, 1.54) is 6.26 Å². The second-order valence-electron chi connectivity index (χ2n) is 2.59. The van der Waals surface area contributed by atoms with Crippen molar-refractivity contribution in [3.05, 3.63) is 37.1 Å². The Bertz CT molecular complexity index is 292. The minimum Gasteiger partial charge on any atom is -0.465 e. The molecule has 0 fully saturated rings. The number of ether oxygens (including phenoxy) is 2. The molecule has 0 atom stereocenters. The summed E-state index contributed by atoms with van der Waals surface area (Å²) in [6.45, 7) is 5.40. The van der Waals surface area contributed by atoms with Gasteiger partial charge in [0, 0.05) is 0 Å². The average molecular weight is 236 g/mol. The van der Waals surface area contributed by atoms with E-state index >= 15 is 0 Å². The minimum absolute atomic E-state index is 0.545. The standard InChI is InChI=1S/C10H11F3O3/c1-3-4-5-6-15-7-16-9(14)8(2)10(11,12)13/h3,5-6H,1-2,4,7H2/b6-5-. The van der Waals surface area contributed by atoms with Crippen LogP contribution in [0.4, 0.5) is 13.2 Å². The molecule has 0 spiro atoms. The lowest BCUT2D eigenvalue weighted by molar-refractivity contribution is -0.158. The number of esters is 1. The maximum Gasteiger partial charge on any atom is 0.422 e. The van der Waals surface area contributed by atoms with Crippen molar-refractivity contribution in [2.75, 3.05) is 6.79 Å². The largest absolute Gasteiger partial charge is 0.465 e. The quantitative estimate of drug-likeness (QED) is 0.178. The molecule has 0 heterocycles. The highest BCUT2D eigenvalue weighted by atomic mass is 19.4. The number of allylic oxidation sites excluding steroid dienone is 2. The van der Waals surface area contributed by atoms with Crippen LogP contribution in [0.15, 0.2) is 37.1 Å². The van der Waals surface area contributed by atoms with Gasteiger partial charge in [-0.15, -0.1) is 6.58 Å². The number of rotatable bonds is 6. The van der Waals surface area contributed by atoms with Crippen LogP contribution in [0.2, 0.25) is 0 Å². The topological polar surface area (TPSA) is 35.5 Å². The first-order chi connectivity index (χ1) is 7.39. The fourth-order valence-corrected chi connectivity index (χ4v) is 0.549. The molecule has 6 heteroatoms. The number of hydrogen-bond donors (Lipinski definition) is 0. The summed E-state index contributed by atoms with van der Waals surface area (Å²) in [4.78, 5) is 10.7. The molecule has 0 aliphatic heterocycles. The molecule has 0 amide bonds. The molecule has 0 aromatic rings. The van der Waals surface area contributed by atoms with E-state index in [2.05, 4.69) is 22.6 Å². The Hall–Kier alpha value is -1.72. The lowest BCUT2D eigenvalue weighted by Gasteiger charge is -2.08. The van der Waals surface area contributed by atoms with Gasteiger partial charge < -0.3 is 9.47 Å². The first-order valence-electron chi connectivity index (χ1n) is 4.20. The number of hydrogen-bond acceptors (Lipinski definition) is 3. The van der Waals surface area contributed by atoms with Gasteiger partial charge >= 0.3 is 12.1 Å². The van der Waals surface area contributed by atoms with Gasteiger partial charge in [-0.2, -0.15) is 13.2 Å². The van der Waals surface area contributed by atoms with Gasteiger partial charge in [-0.25, -0.2) is 4.79 Å². The van der Waals surface area contributed by atoms with Gasteiger partial charge in [-0.1, -0.05) is 12.7 Å². The summed E-state index contributed by atoms with van der Waals surface area (Å²) in [6.07, 6.45) is 0.112. The summed E-state index contributed by atoms with van der Waals surface area (Å²) in [7, 11) is 0. The molecule has 0 radical (unpaired) electrons. The third-order valence-electron chi connectivity index (χ3n) is 1.34. The molecular weight excluding hydrogens is 225 g/mol. The molecule has 0 N–H and O–H groups in total. The predicted molar refractivity (Wildman–Crippen MR) is 51.2 cm³/mol. The van der Waals surface area contributed by atoms with Crippen LogP contribution >= 0.6 is 0 Å². The van der Waals surface area contributed by atoms with Gasteiger partial charge in [0.1, 0.15) is 5.57 Å². The second-order valence-corrected chi connectivity index (χ2v) is 2.59. The molecule has 0 bridgehead atoms. The highest BCUT2D eigenvalue weighted by Gasteiger charge is 2.37. The Morgan fingerprint density at radius 3 is 2.50 bits per heavy atom. The van der Waals surface area contributed by atoms with E-state index in [4.69, 9.17) is 0 Å². The van der Waals surface area contributed by atoms with E-state index in [1.54, 1.807) is 12.2 Å². The molecule has 0 saturated carbocycles. The Balaban J connectivity index is 3.83. The van der Waals surface area contributed by atoms with Crippen LogP contribution in [-0.4, -0.2) is 18.9 Å². The lowest BCUT2D eigenvalue weighted by atomic mass is 10.3. The Morgan fingerprint density at radius 2 is 2.00 bits per heavy atom. The zero-order valence-electron chi connectivity index (χ0n) is 8.42. The second kappa shape index (κ2) is 6.71. The molecule has 0 aromatic heterocycles. The molecule has 16 heavy (non-hydrogen) atoms. The van der Waals surface area contributed by atoms with E-state index in [0.29, 0.717) is 6.42 Å². The SMILES string of the molecule is C=CC/C=C\OCOC(=O)C(=C)C(F)(F)F. The summed E-state index contributed by atoms with van der Waals surface area (Å²) in [5, 5.41) is 0. The third kappa shape index (κ3) is 5.90. The fraction of sp³-hybridized carbons (Fsp3) is 0.300. The molecule has 0 saturated heterocycles. The van der Waals surface area contributed by atoms with Gasteiger partial charge in [-0.05, 0) is 12.5 Å². The Labute approximate surface area is 90.8 Å². The van der Waals surface area contributed by atoms with Crippen LogP contribution < -0.4 is 0 Å². The van der Waals surface area contributed by atoms with Crippen molar-refractivity contribution >= 4 is 5.97 Å². The number of carbonyl (C=O) groups excluding carboxylic acids is 1. The van der Waals surface area contributed by atoms with E-state index in [9.17, 15) is 18.0 Å². The smallest absolute Gasteiger partial charge is 0.422 e. The summed E-state index contributed by atoms with van der Waals surface area (Å²) < 4.78 is 44.5. The van der Waals surface area contributed by atoms with Crippen molar-refractivity contribution in [3.63, 3.8) is 0 Å². The van der Waals surface area contributed by atoms with Gasteiger partial charge in [0.2, 0.25) is 6.79 Å². The molecule has 0 rings (SSSR count). The molecular formula is C10H11F3O3. The molecule has 0 aliphatic rings. The fourth-order valence-electron chi connectivity index (χ4n) is 0.549. The number of halogens is 3. The zero-order chi connectivity index (χ0) is 12.6. The van der Waals surface area contributed by atoms with Gasteiger partial charge in [-0.3, -0.25) is 0 Å².